The van der Waals surface area contributed by atoms with Gasteiger partial charge in [0.25, 0.3) is 0 Å². The van der Waals surface area contributed by atoms with Crippen LogP contribution in [0, 0.1) is 3.57 Å². The molecule has 0 atom stereocenters. The molecular formula is C28H18IN. The molecule has 0 fully saturated rings. The fraction of sp³-hybridized carbons (Fsp3) is 0. The van der Waals surface area contributed by atoms with Gasteiger partial charge in [0.15, 0.2) is 0 Å². The van der Waals surface area contributed by atoms with Gasteiger partial charge in [-0.3, -0.25) is 0 Å². The van der Waals surface area contributed by atoms with E-state index in [1.165, 1.54) is 47.0 Å². The number of nitrogens with one attached hydrogen (secondary N) is 1. The fourth-order valence-electron chi connectivity index (χ4n) is 4.43. The van der Waals surface area contributed by atoms with Crippen molar-refractivity contribution in [1.29, 1.82) is 0 Å². The second-order valence-electron chi connectivity index (χ2n) is 7.68. The Balaban J connectivity index is 1.48. The molecule has 142 valence electrons. The molecule has 0 spiro atoms. The first-order chi connectivity index (χ1) is 14.8. The third-order valence-electron chi connectivity index (χ3n) is 5.84. The van der Waals surface area contributed by atoms with Crippen LogP contribution in [0.25, 0.3) is 43.4 Å². The van der Waals surface area contributed by atoms with Crippen LogP contribution in [-0.2, 0) is 0 Å². The van der Waals surface area contributed by atoms with Gasteiger partial charge in [-0.05, 0) is 108 Å². The quantitative estimate of drug-likeness (QED) is 0.192. The lowest BCUT2D eigenvalue weighted by molar-refractivity contribution is 1.53. The van der Waals surface area contributed by atoms with Gasteiger partial charge in [0, 0.05) is 14.9 Å². The van der Waals surface area contributed by atoms with Gasteiger partial charge in [0.05, 0.1) is 0 Å². The highest BCUT2D eigenvalue weighted by Gasteiger charge is 2.12. The molecule has 0 heterocycles. The van der Waals surface area contributed by atoms with Crippen molar-refractivity contribution < 1.29 is 0 Å². The minimum Gasteiger partial charge on any atom is -0.356 e. The molecule has 0 bridgehead atoms. The molecular weight excluding hydrogens is 477 g/mol. The van der Waals surface area contributed by atoms with Gasteiger partial charge in [0.2, 0.25) is 0 Å². The number of benzene rings is 6. The van der Waals surface area contributed by atoms with Crippen LogP contribution < -0.4 is 5.32 Å². The van der Waals surface area contributed by atoms with Crippen LogP contribution >= 0.6 is 22.6 Å². The molecule has 0 radical (unpaired) electrons. The molecule has 0 aromatic heterocycles. The zero-order chi connectivity index (χ0) is 20.1. The molecule has 6 aromatic carbocycles. The first-order valence-corrected chi connectivity index (χ1v) is 11.1. The number of hydrogen-bond donors (Lipinski definition) is 1. The third-order valence-corrected chi connectivity index (χ3v) is 6.56. The average molecular weight is 495 g/mol. The Morgan fingerprint density at radius 1 is 0.533 bits per heavy atom. The number of hydrogen-bond acceptors (Lipinski definition) is 1. The summed E-state index contributed by atoms with van der Waals surface area (Å²) in [5.41, 5.74) is 4.72. The van der Waals surface area contributed by atoms with Gasteiger partial charge in [-0.25, -0.2) is 0 Å². The van der Waals surface area contributed by atoms with Gasteiger partial charge >= 0.3 is 0 Å². The molecule has 0 aliphatic heterocycles. The van der Waals surface area contributed by atoms with Gasteiger partial charge in [-0.15, -0.1) is 0 Å². The highest BCUT2D eigenvalue weighted by atomic mass is 127. The Hall–Kier alpha value is -3.11. The molecule has 30 heavy (non-hydrogen) atoms. The number of rotatable bonds is 3. The van der Waals surface area contributed by atoms with Crippen LogP contribution in [0.5, 0.6) is 0 Å². The molecule has 0 aliphatic carbocycles. The summed E-state index contributed by atoms with van der Waals surface area (Å²) in [5, 5.41) is 11.4. The van der Waals surface area contributed by atoms with Gasteiger partial charge in [-0.1, -0.05) is 60.7 Å². The summed E-state index contributed by atoms with van der Waals surface area (Å²) in [5.74, 6) is 0. The van der Waals surface area contributed by atoms with Crippen LogP contribution in [0.3, 0.4) is 0 Å². The van der Waals surface area contributed by atoms with Crippen molar-refractivity contribution in [3.05, 3.63) is 107 Å². The Labute approximate surface area is 188 Å². The second kappa shape index (κ2) is 6.99. The van der Waals surface area contributed by atoms with E-state index in [1.54, 1.807) is 0 Å². The van der Waals surface area contributed by atoms with Crippen LogP contribution in [0.1, 0.15) is 0 Å². The van der Waals surface area contributed by atoms with Crippen molar-refractivity contribution in [3.8, 4) is 11.1 Å². The molecule has 0 amide bonds. The molecule has 6 rings (SSSR count). The SMILES string of the molecule is Ic1ccc(Nc2ccc(-c3cc4cccc5ccc6cccc3c6c54)cc2)cc1. The molecule has 0 saturated heterocycles. The Kier molecular flexibility index (Phi) is 4.13. The van der Waals surface area contributed by atoms with E-state index in [-0.39, 0.29) is 0 Å². The van der Waals surface area contributed by atoms with E-state index in [2.05, 4.69) is 131 Å². The average Bonchev–Trinajstić information content (AvgIpc) is 2.79. The molecule has 0 unspecified atom stereocenters. The number of halogens is 1. The first kappa shape index (κ1) is 17.7. The summed E-state index contributed by atoms with van der Waals surface area (Å²) in [6.45, 7) is 0. The maximum absolute atomic E-state index is 3.49. The van der Waals surface area contributed by atoms with Crippen LogP contribution in [-0.4, -0.2) is 0 Å². The second-order valence-corrected chi connectivity index (χ2v) is 8.93. The van der Waals surface area contributed by atoms with Crippen molar-refractivity contribution in [2.75, 3.05) is 5.32 Å². The lowest BCUT2D eigenvalue weighted by atomic mass is 9.89. The van der Waals surface area contributed by atoms with Crippen molar-refractivity contribution in [3.63, 3.8) is 0 Å². The predicted molar refractivity (Wildman–Crippen MR) is 138 cm³/mol. The summed E-state index contributed by atoms with van der Waals surface area (Å²) in [7, 11) is 0. The van der Waals surface area contributed by atoms with E-state index in [0.717, 1.165) is 11.4 Å². The maximum Gasteiger partial charge on any atom is 0.0384 e. The third kappa shape index (κ3) is 2.91. The predicted octanol–water partition coefficient (Wildman–Crippen LogP) is 8.60. The fourth-order valence-corrected chi connectivity index (χ4v) is 4.79. The first-order valence-electron chi connectivity index (χ1n) is 10.1. The normalized spacial score (nSPS) is 11.5. The van der Waals surface area contributed by atoms with Gasteiger partial charge in [0.1, 0.15) is 0 Å². The topological polar surface area (TPSA) is 12.0 Å². The monoisotopic (exact) mass is 495 g/mol. The zero-order valence-electron chi connectivity index (χ0n) is 16.2. The van der Waals surface area contributed by atoms with Crippen LogP contribution in [0.4, 0.5) is 11.4 Å². The van der Waals surface area contributed by atoms with Crippen molar-refractivity contribution in [1.82, 2.24) is 0 Å². The molecule has 6 aromatic rings. The highest BCUT2D eigenvalue weighted by molar-refractivity contribution is 14.1. The number of anilines is 2. The van der Waals surface area contributed by atoms with Gasteiger partial charge in [-0.2, -0.15) is 0 Å². The zero-order valence-corrected chi connectivity index (χ0v) is 18.4. The van der Waals surface area contributed by atoms with E-state index in [9.17, 15) is 0 Å². The molecule has 0 saturated carbocycles. The molecule has 2 heteroatoms. The summed E-state index contributed by atoms with van der Waals surface area (Å²) >= 11 is 2.33. The minimum absolute atomic E-state index is 1.09. The standard InChI is InChI=1S/C28H18IN/c29-22-11-15-24(16-12-22)30-23-13-9-18(10-14-23)26-17-21-5-1-3-19-7-8-20-4-2-6-25(26)28(20)27(19)21/h1-17,30H. The van der Waals surface area contributed by atoms with E-state index in [4.69, 9.17) is 0 Å². The Morgan fingerprint density at radius 3 is 1.87 bits per heavy atom. The summed E-state index contributed by atoms with van der Waals surface area (Å²) in [4.78, 5) is 0. The Bertz CT molecular complexity index is 1500. The maximum atomic E-state index is 3.49. The molecule has 0 aliphatic rings. The van der Waals surface area contributed by atoms with Crippen LogP contribution in [0.15, 0.2) is 103 Å². The van der Waals surface area contributed by atoms with Crippen molar-refractivity contribution in [2.45, 2.75) is 0 Å². The highest BCUT2D eigenvalue weighted by Crippen LogP contribution is 2.40. The van der Waals surface area contributed by atoms with E-state index in [1.807, 2.05) is 0 Å². The molecule has 1 nitrogen and oxygen atoms in total. The lowest BCUT2D eigenvalue weighted by Gasteiger charge is -2.15. The van der Waals surface area contributed by atoms with Gasteiger partial charge < -0.3 is 5.32 Å². The minimum atomic E-state index is 1.09. The Morgan fingerprint density at radius 2 is 1.13 bits per heavy atom. The van der Waals surface area contributed by atoms with E-state index < -0.39 is 0 Å². The van der Waals surface area contributed by atoms with Crippen LogP contribution in [0.2, 0.25) is 0 Å². The lowest BCUT2D eigenvalue weighted by Crippen LogP contribution is -1.91. The van der Waals surface area contributed by atoms with Crippen molar-refractivity contribution in [2.24, 2.45) is 0 Å². The van der Waals surface area contributed by atoms with E-state index >= 15 is 0 Å². The summed E-state index contributed by atoms with van der Waals surface area (Å²) in [6, 6.07) is 37.2. The summed E-state index contributed by atoms with van der Waals surface area (Å²) in [6.07, 6.45) is 0. The summed E-state index contributed by atoms with van der Waals surface area (Å²) < 4.78 is 1.24. The largest absolute Gasteiger partial charge is 0.356 e. The van der Waals surface area contributed by atoms with Crippen molar-refractivity contribution >= 4 is 66.3 Å². The van der Waals surface area contributed by atoms with E-state index in [0.29, 0.717) is 0 Å². The smallest absolute Gasteiger partial charge is 0.0384 e. The molecule has 1 N–H and O–H groups in total.